The zero-order valence-electron chi connectivity index (χ0n) is 16.1. The molecule has 3 aromatic rings. The third kappa shape index (κ3) is 4.76. The molecule has 0 saturated heterocycles. The van der Waals surface area contributed by atoms with Gasteiger partial charge in [-0.1, -0.05) is 26.0 Å². The van der Waals surface area contributed by atoms with Crippen molar-refractivity contribution in [2.45, 2.75) is 33.3 Å². The number of carbonyl (C=O) groups is 1. The Morgan fingerprint density at radius 2 is 1.96 bits per heavy atom. The monoisotopic (exact) mass is 364 g/mol. The van der Waals surface area contributed by atoms with E-state index in [9.17, 15) is 4.79 Å². The SMILES string of the molecule is Cc1nn(C)cc1C(=O)/C=C/c1ccc(COc2ccc(C(C)C)cc2)o1. The first kappa shape index (κ1) is 18.7. The molecule has 0 fully saturated rings. The van der Waals surface area contributed by atoms with E-state index < -0.39 is 0 Å². The summed E-state index contributed by atoms with van der Waals surface area (Å²) in [6, 6.07) is 11.7. The number of carbonyl (C=O) groups excluding carboxylic acids is 1. The minimum Gasteiger partial charge on any atom is -0.486 e. The van der Waals surface area contributed by atoms with Crippen LogP contribution in [0.2, 0.25) is 0 Å². The molecular weight excluding hydrogens is 340 g/mol. The van der Waals surface area contributed by atoms with Crippen LogP contribution in [0.15, 0.2) is 53.1 Å². The molecule has 2 heterocycles. The quantitative estimate of drug-likeness (QED) is 0.441. The van der Waals surface area contributed by atoms with Crippen molar-refractivity contribution in [1.29, 1.82) is 0 Å². The molecule has 3 rings (SSSR count). The van der Waals surface area contributed by atoms with Crippen LogP contribution >= 0.6 is 0 Å². The number of aryl methyl sites for hydroxylation is 2. The topological polar surface area (TPSA) is 57.3 Å². The fourth-order valence-corrected chi connectivity index (χ4v) is 2.75. The molecular formula is C22H24N2O3. The summed E-state index contributed by atoms with van der Waals surface area (Å²) in [5, 5.41) is 4.18. The molecule has 0 saturated carbocycles. The van der Waals surface area contributed by atoms with Crippen LogP contribution < -0.4 is 4.74 Å². The van der Waals surface area contributed by atoms with Gasteiger partial charge >= 0.3 is 0 Å². The Morgan fingerprint density at radius 1 is 1.22 bits per heavy atom. The lowest BCUT2D eigenvalue weighted by atomic mass is 10.0. The molecule has 0 spiro atoms. The highest BCUT2D eigenvalue weighted by Crippen LogP contribution is 2.20. The molecule has 2 aromatic heterocycles. The molecule has 0 bridgehead atoms. The van der Waals surface area contributed by atoms with Gasteiger partial charge in [-0.15, -0.1) is 0 Å². The highest BCUT2D eigenvalue weighted by atomic mass is 16.5. The van der Waals surface area contributed by atoms with Crippen molar-refractivity contribution < 1.29 is 13.9 Å². The van der Waals surface area contributed by atoms with Crippen LogP contribution in [0.5, 0.6) is 5.75 Å². The van der Waals surface area contributed by atoms with E-state index in [1.165, 1.54) is 11.6 Å². The number of hydrogen-bond donors (Lipinski definition) is 0. The summed E-state index contributed by atoms with van der Waals surface area (Å²) in [6.07, 6.45) is 4.88. The summed E-state index contributed by atoms with van der Waals surface area (Å²) in [5.41, 5.74) is 2.58. The van der Waals surface area contributed by atoms with Gasteiger partial charge in [0.05, 0.1) is 11.3 Å². The van der Waals surface area contributed by atoms with Crippen molar-refractivity contribution in [2.75, 3.05) is 0 Å². The maximum Gasteiger partial charge on any atom is 0.189 e. The number of allylic oxidation sites excluding steroid dienone is 1. The van der Waals surface area contributed by atoms with Gasteiger partial charge in [0.2, 0.25) is 0 Å². The van der Waals surface area contributed by atoms with Crippen LogP contribution in [-0.2, 0) is 13.7 Å². The molecule has 0 amide bonds. The smallest absolute Gasteiger partial charge is 0.189 e. The number of aromatic nitrogens is 2. The van der Waals surface area contributed by atoms with Gasteiger partial charge in [0.25, 0.3) is 0 Å². The van der Waals surface area contributed by atoms with Gasteiger partial charge in [-0.25, -0.2) is 0 Å². The van der Waals surface area contributed by atoms with E-state index in [1.807, 2.05) is 31.2 Å². The van der Waals surface area contributed by atoms with Crippen LogP contribution in [0, 0.1) is 6.92 Å². The summed E-state index contributed by atoms with van der Waals surface area (Å²) in [4.78, 5) is 12.2. The summed E-state index contributed by atoms with van der Waals surface area (Å²) in [5.74, 6) is 2.51. The van der Waals surface area contributed by atoms with Crippen molar-refractivity contribution in [3.63, 3.8) is 0 Å². The fourth-order valence-electron chi connectivity index (χ4n) is 2.75. The normalized spacial score (nSPS) is 11.4. The van der Waals surface area contributed by atoms with Crippen LogP contribution in [0.3, 0.4) is 0 Å². The molecule has 0 aliphatic rings. The van der Waals surface area contributed by atoms with E-state index in [-0.39, 0.29) is 5.78 Å². The molecule has 140 valence electrons. The minimum atomic E-state index is -0.0972. The van der Waals surface area contributed by atoms with Crippen molar-refractivity contribution >= 4 is 11.9 Å². The van der Waals surface area contributed by atoms with E-state index in [0.29, 0.717) is 35.3 Å². The predicted octanol–water partition coefficient (Wildman–Crippen LogP) is 4.92. The van der Waals surface area contributed by atoms with Gasteiger partial charge in [0.1, 0.15) is 23.9 Å². The van der Waals surface area contributed by atoms with Gasteiger partial charge in [-0.05, 0) is 54.8 Å². The molecule has 0 N–H and O–H groups in total. The first-order valence-corrected chi connectivity index (χ1v) is 8.96. The lowest BCUT2D eigenvalue weighted by Gasteiger charge is -2.07. The lowest BCUT2D eigenvalue weighted by Crippen LogP contribution is -1.95. The largest absolute Gasteiger partial charge is 0.486 e. The lowest BCUT2D eigenvalue weighted by molar-refractivity contribution is 0.104. The Bertz CT molecular complexity index is 946. The van der Waals surface area contributed by atoms with Gasteiger partial charge in [-0.2, -0.15) is 5.10 Å². The van der Waals surface area contributed by atoms with Crippen molar-refractivity contribution in [3.05, 3.63) is 77.0 Å². The van der Waals surface area contributed by atoms with Crippen LogP contribution in [0.4, 0.5) is 0 Å². The zero-order chi connectivity index (χ0) is 19.4. The summed E-state index contributed by atoms with van der Waals surface area (Å²) >= 11 is 0. The molecule has 27 heavy (non-hydrogen) atoms. The van der Waals surface area contributed by atoms with E-state index in [1.54, 1.807) is 24.0 Å². The number of furan rings is 1. The number of nitrogens with zero attached hydrogens (tertiary/aromatic N) is 2. The summed E-state index contributed by atoms with van der Waals surface area (Å²) in [7, 11) is 1.79. The van der Waals surface area contributed by atoms with E-state index in [0.717, 1.165) is 5.75 Å². The second-order valence-corrected chi connectivity index (χ2v) is 6.82. The van der Waals surface area contributed by atoms with Gasteiger partial charge < -0.3 is 9.15 Å². The predicted molar refractivity (Wildman–Crippen MR) is 105 cm³/mol. The van der Waals surface area contributed by atoms with E-state index >= 15 is 0 Å². The molecule has 0 unspecified atom stereocenters. The molecule has 5 nitrogen and oxygen atoms in total. The maximum absolute atomic E-state index is 12.2. The van der Waals surface area contributed by atoms with Gasteiger partial charge in [0.15, 0.2) is 5.78 Å². The summed E-state index contributed by atoms with van der Waals surface area (Å²) < 4.78 is 13.1. The highest BCUT2D eigenvalue weighted by Gasteiger charge is 2.10. The Labute approximate surface area is 159 Å². The van der Waals surface area contributed by atoms with E-state index in [2.05, 4.69) is 31.1 Å². The first-order valence-electron chi connectivity index (χ1n) is 8.96. The zero-order valence-corrected chi connectivity index (χ0v) is 16.1. The number of ketones is 1. The minimum absolute atomic E-state index is 0.0972. The van der Waals surface area contributed by atoms with Gasteiger partial charge in [0, 0.05) is 13.2 Å². The molecule has 1 aromatic carbocycles. The summed E-state index contributed by atoms with van der Waals surface area (Å²) in [6.45, 7) is 6.48. The van der Waals surface area contributed by atoms with Crippen molar-refractivity contribution in [1.82, 2.24) is 9.78 Å². The molecule has 0 aliphatic heterocycles. The average Bonchev–Trinajstić information content (AvgIpc) is 3.24. The first-order chi connectivity index (χ1) is 12.9. The molecule has 5 heteroatoms. The Morgan fingerprint density at radius 3 is 2.59 bits per heavy atom. The number of rotatable bonds is 7. The third-order valence-corrected chi connectivity index (χ3v) is 4.29. The fraction of sp³-hybridized carbons (Fsp3) is 0.273. The van der Waals surface area contributed by atoms with Crippen molar-refractivity contribution in [2.24, 2.45) is 7.05 Å². The van der Waals surface area contributed by atoms with Crippen LogP contribution in [0.1, 0.15) is 52.9 Å². The van der Waals surface area contributed by atoms with Gasteiger partial charge in [-0.3, -0.25) is 9.48 Å². The molecule has 0 radical (unpaired) electrons. The molecule has 0 aliphatic carbocycles. The maximum atomic E-state index is 12.2. The van der Waals surface area contributed by atoms with E-state index in [4.69, 9.17) is 9.15 Å². The Kier molecular flexibility index (Phi) is 5.60. The number of hydrogen-bond acceptors (Lipinski definition) is 4. The average molecular weight is 364 g/mol. The van der Waals surface area contributed by atoms with Crippen molar-refractivity contribution in [3.8, 4) is 5.75 Å². The number of benzene rings is 1. The second-order valence-electron chi connectivity index (χ2n) is 6.82. The highest BCUT2D eigenvalue weighted by molar-refractivity contribution is 6.07. The second kappa shape index (κ2) is 8.08. The third-order valence-electron chi connectivity index (χ3n) is 4.29. The molecule has 0 atom stereocenters. The standard InChI is InChI=1S/C22H24N2O3/c1-15(2)17-5-7-18(8-6-17)26-14-20-10-9-19(27-20)11-12-22(25)21-13-24(4)23-16(21)3/h5-13,15H,14H2,1-4H3/b12-11+. The van der Waals surface area contributed by atoms with Crippen LogP contribution in [-0.4, -0.2) is 15.6 Å². The van der Waals surface area contributed by atoms with Crippen LogP contribution in [0.25, 0.3) is 6.08 Å². The number of ether oxygens (including phenoxy) is 1. The Hall–Kier alpha value is -3.08. The Balaban J connectivity index is 1.58.